The highest BCUT2D eigenvalue weighted by Gasteiger charge is 2.11. The Kier molecular flexibility index (Phi) is 6.93. The largest absolute Gasteiger partial charge is 0.491 e. The Morgan fingerprint density at radius 3 is 2.37 bits per heavy atom. The molecule has 2 nitrogen and oxygen atoms in total. The average molecular weight is 263 g/mol. The summed E-state index contributed by atoms with van der Waals surface area (Å²) in [5.41, 5.74) is 3.80. The van der Waals surface area contributed by atoms with Gasteiger partial charge in [0.2, 0.25) is 0 Å². The SMILES string of the molecule is CCCNC(CCC)COc1c(C)ccc(C)c1C. The molecule has 1 rings (SSSR count). The maximum absolute atomic E-state index is 6.10. The lowest BCUT2D eigenvalue weighted by molar-refractivity contribution is 0.253. The van der Waals surface area contributed by atoms with E-state index in [2.05, 4.69) is 52.1 Å². The standard InChI is InChI=1S/C17H29NO/c1-6-8-16(18-11-7-2)12-19-17-14(4)10-9-13(3)15(17)5/h9-10,16,18H,6-8,11-12H2,1-5H3. The van der Waals surface area contributed by atoms with Crippen LogP contribution in [0.4, 0.5) is 0 Å². The second-order valence-corrected chi connectivity index (χ2v) is 5.40. The zero-order valence-corrected chi connectivity index (χ0v) is 13.2. The highest BCUT2D eigenvalue weighted by molar-refractivity contribution is 5.44. The van der Waals surface area contributed by atoms with Crippen LogP contribution < -0.4 is 10.1 Å². The molecule has 1 aromatic carbocycles. The third-order valence-electron chi connectivity index (χ3n) is 3.62. The first-order valence-corrected chi connectivity index (χ1v) is 7.53. The molecule has 0 radical (unpaired) electrons. The number of hydrogen-bond donors (Lipinski definition) is 1. The highest BCUT2D eigenvalue weighted by atomic mass is 16.5. The molecule has 1 atom stereocenters. The first kappa shape index (κ1) is 16.0. The molecule has 1 N–H and O–H groups in total. The van der Waals surface area contributed by atoms with E-state index in [1.807, 2.05) is 0 Å². The van der Waals surface area contributed by atoms with E-state index in [9.17, 15) is 0 Å². The molecule has 1 aromatic rings. The molecule has 0 aliphatic carbocycles. The lowest BCUT2D eigenvalue weighted by atomic mass is 10.1. The van der Waals surface area contributed by atoms with Crippen molar-refractivity contribution in [2.24, 2.45) is 0 Å². The van der Waals surface area contributed by atoms with Gasteiger partial charge < -0.3 is 10.1 Å². The van der Waals surface area contributed by atoms with Gasteiger partial charge in [-0.1, -0.05) is 32.4 Å². The molecule has 1 unspecified atom stereocenters. The van der Waals surface area contributed by atoms with Gasteiger partial charge in [-0.05, 0) is 56.8 Å². The third kappa shape index (κ3) is 4.87. The maximum Gasteiger partial charge on any atom is 0.125 e. The Bertz CT molecular complexity index is 387. The van der Waals surface area contributed by atoms with Crippen LogP contribution in [0.2, 0.25) is 0 Å². The highest BCUT2D eigenvalue weighted by Crippen LogP contribution is 2.25. The third-order valence-corrected chi connectivity index (χ3v) is 3.62. The second-order valence-electron chi connectivity index (χ2n) is 5.40. The Balaban J connectivity index is 2.65. The first-order chi connectivity index (χ1) is 9.10. The predicted molar refractivity (Wildman–Crippen MR) is 83.1 cm³/mol. The molecule has 0 saturated carbocycles. The van der Waals surface area contributed by atoms with Crippen molar-refractivity contribution in [2.45, 2.75) is 59.9 Å². The van der Waals surface area contributed by atoms with Crippen molar-refractivity contribution in [3.63, 3.8) is 0 Å². The molecule has 0 fully saturated rings. The van der Waals surface area contributed by atoms with Crippen molar-refractivity contribution in [3.8, 4) is 5.75 Å². The van der Waals surface area contributed by atoms with Crippen molar-refractivity contribution in [2.75, 3.05) is 13.2 Å². The molecule has 2 heteroatoms. The lowest BCUT2D eigenvalue weighted by Gasteiger charge is -2.21. The summed E-state index contributed by atoms with van der Waals surface area (Å²) in [4.78, 5) is 0. The Morgan fingerprint density at radius 2 is 1.74 bits per heavy atom. The minimum atomic E-state index is 0.462. The number of aryl methyl sites for hydroxylation is 2. The Labute approximate surface area is 118 Å². The van der Waals surface area contributed by atoms with Gasteiger partial charge in [0.15, 0.2) is 0 Å². The predicted octanol–water partition coefficient (Wildman–Crippen LogP) is 4.16. The average Bonchev–Trinajstić information content (AvgIpc) is 2.40. The van der Waals surface area contributed by atoms with E-state index in [1.165, 1.54) is 36.0 Å². The molecule has 0 aliphatic rings. The lowest BCUT2D eigenvalue weighted by Crippen LogP contribution is -2.35. The van der Waals surface area contributed by atoms with Crippen LogP contribution in [-0.2, 0) is 0 Å². The van der Waals surface area contributed by atoms with E-state index < -0.39 is 0 Å². The molecular formula is C17H29NO. The van der Waals surface area contributed by atoms with Gasteiger partial charge in [0, 0.05) is 6.04 Å². The van der Waals surface area contributed by atoms with E-state index in [0.29, 0.717) is 6.04 Å². The zero-order chi connectivity index (χ0) is 14.3. The number of nitrogens with one attached hydrogen (secondary N) is 1. The number of rotatable bonds is 8. The van der Waals surface area contributed by atoms with Gasteiger partial charge in [0.25, 0.3) is 0 Å². The first-order valence-electron chi connectivity index (χ1n) is 7.53. The number of benzene rings is 1. The normalized spacial score (nSPS) is 12.5. The fourth-order valence-corrected chi connectivity index (χ4v) is 2.27. The summed E-state index contributed by atoms with van der Waals surface area (Å²) in [6.45, 7) is 12.7. The molecular weight excluding hydrogens is 234 g/mol. The van der Waals surface area contributed by atoms with E-state index in [4.69, 9.17) is 4.74 Å². The van der Waals surface area contributed by atoms with Crippen molar-refractivity contribution < 1.29 is 4.74 Å². The Morgan fingerprint density at radius 1 is 1.05 bits per heavy atom. The quantitative estimate of drug-likeness (QED) is 0.760. The van der Waals surface area contributed by atoms with Crippen molar-refractivity contribution in [1.29, 1.82) is 0 Å². The molecule has 0 bridgehead atoms. The van der Waals surface area contributed by atoms with Gasteiger partial charge in [-0.25, -0.2) is 0 Å². The van der Waals surface area contributed by atoms with Gasteiger partial charge in [-0.3, -0.25) is 0 Å². The molecule has 0 amide bonds. The van der Waals surface area contributed by atoms with Gasteiger partial charge in [-0.15, -0.1) is 0 Å². The molecule has 19 heavy (non-hydrogen) atoms. The van der Waals surface area contributed by atoms with Crippen molar-refractivity contribution in [3.05, 3.63) is 28.8 Å². The molecule has 108 valence electrons. The van der Waals surface area contributed by atoms with Gasteiger partial charge in [0.05, 0.1) is 0 Å². The topological polar surface area (TPSA) is 21.3 Å². The van der Waals surface area contributed by atoms with Crippen LogP contribution in [0.15, 0.2) is 12.1 Å². The monoisotopic (exact) mass is 263 g/mol. The van der Waals surface area contributed by atoms with Crippen molar-refractivity contribution >= 4 is 0 Å². The zero-order valence-electron chi connectivity index (χ0n) is 13.2. The molecule has 0 aromatic heterocycles. The van der Waals surface area contributed by atoms with E-state index in [-0.39, 0.29) is 0 Å². The minimum Gasteiger partial charge on any atom is -0.491 e. The van der Waals surface area contributed by atoms with Crippen LogP contribution in [-0.4, -0.2) is 19.2 Å². The van der Waals surface area contributed by atoms with Crippen LogP contribution >= 0.6 is 0 Å². The maximum atomic E-state index is 6.10. The summed E-state index contributed by atoms with van der Waals surface area (Å²) in [6, 6.07) is 4.77. The van der Waals surface area contributed by atoms with Crippen LogP contribution in [0, 0.1) is 20.8 Å². The van der Waals surface area contributed by atoms with E-state index >= 15 is 0 Å². The number of ether oxygens (including phenoxy) is 1. The van der Waals surface area contributed by atoms with Gasteiger partial charge in [0.1, 0.15) is 12.4 Å². The van der Waals surface area contributed by atoms with Gasteiger partial charge in [-0.2, -0.15) is 0 Å². The van der Waals surface area contributed by atoms with Crippen molar-refractivity contribution in [1.82, 2.24) is 5.32 Å². The summed E-state index contributed by atoms with van der Waals surface area (Å²) in [6.07, 6.45) is 3.53. The number of hydrogen-bond acceptors (Lipinski definition) is 2. The summed E-state index contributed by atoms with van der Waals surface area (Å²) >= 11 is 0. The van der Waals surface area contributed by atoms with Crippen LogP contribution in [0.25, 0.3) is 0 Å². The molecule has 0 aliphatic heterocycles. The fourth-order valence-electron chi connectivity index (χ4n) is 2.27. The van der Waals surface area contributed by atoms with E-state index in [0.717, 1.165) is 18.9 Å². The summed E-state index contributed by atoms with van der Waals surface area (Å²) < 4.78 is 6.10. The minimum absolute atomic E-state index is 0.462. The summed E-state index contributed by atoms with van der Waals surface area (Å²) in [5.74, 6) is 1.07. The summed E-state index contributed by atoms with van der Waals surface area (Å²) in [5, 5.41) is 3.57. The van der Waals surface area contributed by atoms with Gasteiger partial charge >= 0.3 is 0 Å². The fraction of sp³-hybridized carbons (Fsp3) is 0.647. The summed E-state index contributed by atoms with van der Waals surface area (Å²) in [7, 11) is 0. The Hall–Kier alpha value is -1.02. The van der Waals surface area contributed by atoms with Crippen LogP contribution in [0.5, 0.6) is 5.75 Å². The van der Waals surface area contributed by atoms with Crippen LogP contribution in [0.1, 0.15) is 49.8 Å². The molecule has 0 heterocycles. The van der Waals surface area contributed by atoms with E-state index in [1.54, 1.807) is 0 Å². The smallest absolute Gasteiger partial charge is 0.125 e. The van der Waals surface area contributed by atoms with Crippen LogP contribution in [0.3, 0.4) is 0 Å². The molecule has 0 spiro atoms. The molecule has 0 saturated heterocycles. The second kappa shape index (κ2) is 8.21.